The number of nitrogens with zero attached hydrogens (tertiary/aromatic N) is 3. The standard InChI is InChI=1S/C11H7FIN3O3/c12-8-1-2-10(16(18)19)7(3-8)6-15-11(17)4-9(13)5-14-15/h1-5H,6H2. The highest BCUT2D eigenvalue weighted by atomic mass is 127. The predicted molar refractivity (Wildman–Crippen MR) is 73.4 cm³/mol. The Bertz CT molecular complexity index is 702. The van der Waals surface area contributed by atoms with Gasteiger partial charge in [0.05, 0.1) is 23.2 Å². The largest absolute Gasteiger partial charge is 0.274 e. The molecular weight excluding hydrogens is 368 g/mol. The van der Waals surface area contributed by atoms with E-state index in [2.05, 4.69) is 5.10 Å². The number of aromatic nitrogens is 2. The van der Waals surface area contributed by atoms with Crippen LogP contribution in [0.4, 0.5) is 10.1 Å². The Morgan fingerprint density at radius 3 is 2.79 bits per heavy atom. The van der Waals surface area contributed by atoms with E-state index < -0.39 is 16.3 Å². The topological polar surface area (TPSA) is 78.0 Å². The fourth-order valence-electron chi connectivity index (χ4n) is 1.55. The maximum Gasteiger partial charge on any atom is 0.274 e. The van der Waals surface area contributed by atoms with Gasteiger partial charge < -0.3 is 0 Å². The van der Waals surface area contributed by atoms with Crippen molar-refractivity contribution in [3.05, 3.63) is 65.9 Å². The smallest absolute Gasteiger partial charge is 0.268 e. The Morgan fingerprint density at radius 2 is 2.16 bits per heavy atom. The summed E-state index contributed by atoms with van der Waals surface area (Å²) < 4.78 is 14.9. The SMILES string of the molecule is O=c1cc(I)cnn1Cc1cc(F)ccc1[N+](=O)[O-]. The minimum atomic E-state index is -0.619. The fraction of sp³-hybridized carbons (Fsp3) is 0.0909. The molecule has 0 fully saturated rings. The summed E-state index contributed by atoms with van der Waals surface area (Å²) >= 11 is 1.93. The van der Waals surface area contributed by atoms with Gasteiger partial charge >= 0.3 is 0 Å². The molecule has 0 aliphatic rings. The van der Waals surface area contributed by atoms with Crippen molar-refractivity contribution in [1.29, 1.82) is 0 Å². The molecule has 0 aliphatic carbocycles. The van der Waals surface area contributed by atoms with Crippen molar-refractivity contribution < 1.29 is 9.31 Å². The quantitative estimate of drug-likeness (QED) is 0.467. The maximum atomic E-state index is 13.1. The van der Waals surface area contributed by atoms with Gasteiger partial charge in [-0.15, -0.1) is 0 Å². The molecule has 1 aromatic carbocycles. The third-order valence-electron chi connectivity index (χ3n) is 2.39. The molecule has 0 aliphatic heterocycles. The van der Waals surface area contributed by atoms with Crippen LogP contribution < -0.4 is 5.56 Å². The van der Waals surface area contributed by atoms with Crippen molar-refractivity contribution in [1.82, 2.24) is 9.78 Å². The molecule has 0 unspecified atom stereocenters. The summed E-state index contributed by atoms with van der Waals surface area (Å²) in [6.07, 6.45) is 1.45. The first-order valence-corrected chi connectivity index (χ1v) is 6.21. The third-order valence-corrected chi connectivity index (χ3v) is 2.98. The van der Waals surface area contributed by atoms with Crippen LogP contribution in [0.2, 0.25) is 0 Å². The first kappa shape index (κ1) is 13.6. The highest BCUT2D eigenvalue weighted by Crippen LogP contribution is 2.19. The van der Waals surface area contributed by atoms with Gasteiger partial charge in [-0.2, -0.15) is 5.10 Å². The van der Waals surface area contributed by atoms with E-state index in [1.54, 1.807) is 0 Å². The van der Waals surface area contributed by atoms with Gasteiger partial charge in [-0.1, -0.05) is 0 Å². The molecule has 0 saturated heterocycles. The second-order valence-corrected chi connectivity index (χ2v) is 4.95. The van der Waals surface area contributed by atoms with Crippen molar-refractivity contribution in [2.24, 2.45) is 0 Å². The van der Waals surface area contributed by atoms with E-state index in [9.17, 15) is 19.3 Å². The number of nitro benzene ring substituents is 1. The van der Waals surface area contributed by atoms with Gasteiger partial charge in [-0.05, 0) is 34.7 Å². The zero-order chi connectivity index (χ0) is 14.0. The summed E-state index contributed by atoms with van der Waals surface area (Å²) in [7, 11) is 0. The third kappa shape index (κ3) is 3.13. The first-order valence-electron chi connectivity index (χ1n) is 5.13. The second kappa shape index (κ2) is 5.43. The molecule has 1 heterocycles. The zero-order valence-electron chi connectivity index (χ0n) is 9.42. The second-order valence-electron chi connectivity index (χ2n) is 3.70. The van der Waals surface area contributed by atoms with Crippen LogP contribution in [0.5, 0.6) is 0 Å². The number of nitro groups is 1. The van der Waals surface area contributed by atoms with E-state index in [1.165, 1.54) is 12.3 Å². The average molecular weight is 375 g/mol. The first-order chi connectivity index (χ1) is 8.97. The van der Waals surface area contributed by atoms with Crippen molar-refractivity contribution in [2.75, 3.05) is 0 Å². The lowest BCUT2D eigenvalue weighted by Crippen LogP contribution is -2.23. The van der Waals surface area contributed by atoms with E-state index in [-0.39, 0.29) is 17.8 Å². The summed E-state index contributed by atoms with van der Waals surface area (Å²) in [6, 6.07) is 4.46. The minimum absolute atomic E-state index is 0.0980. The summed E-state index contributed by atoms with van der Waals surface area (Å²) in [5.74, 6) is -0.598. The van der Waals surface area contributed by atoms with Crippen LogP contribution in [-0.2, 0) is 6.54 Å². The Balaban J connectivity index is 2.45. The minimum Gasteiger partial charge on any atom is -0.268 e. The molecule has 19 heavy (non-hydrogen) atoms. The molecule has 0 spiro atoms. The van der Waals surface area contributed by atoms with Crippen LogP contribution in [0.1, 0.15) is 5.56 Å². The Hall–Kier alpha value is -1.84. The fourth-order valence-corrected chi connectivity index (χ4v) is 1.94. The van der Waals surface area contributed by atoms with Crippen molar-refractivity contribution in [3.63, 3.8) is 0 Å². The van der Waals surface area contributed by atoms with Crippen molar-refractivity contribution in [3.8, 4) is 0 Å². The lowest BCUT2D eigenvalue weighted by atomic mass is 10.2. The van der Waals surface area contributed by atoms with Crippen molar-refractivity contribution in [2.45, 2.75) is 6.54 Å². The summed E-state index contributed by atoms with van der Waals surface area (Å²) in [4.78, 5) is 21.9. The van der Waals surface area contributed by atoms with Gasteiger partial charge in [0.2, 0.25) is 0 Å². The predicted octanol–water partition coefficient (Wildman–Crippen LogP) is 1.94. The van der Waals surface area contributed by atoms with E-state index in [0.29, 0.717) is 3.57 Å². The van der Waals surface area contributed by atoms with Gasteiger partial charge in [0.1, 0.15) is 5.82 Å². The maximum absolute atomic E-state index is 13.1. The lowest BCUT2D eigenvalue weighted by molar-refractivity contribution is -0.385. The summed E-state index contributed by atoms with van der Waals surface area (Å²) in [6.45, 7) is -0.149. The van der Waals surface area contributed by atoms with E-state index in [0.717, 1.165) is 22.9 Å². The van der Waals surface area contributed by atoms with Crippen molar-refractivity contribution >= 4 is 28.3 Å². The summed E-state index contributed by atoms with van der Waals surface area (Å²) in [5.41, 5.74) is -0.542. The molecule has 0 saturated carbocycles. The molecule has 1 aromatic heterocycles. The molecule has 2 rings (SSSR count). The van der Waals surface area contributed by atoms with Gasteiger partial charge in [-0.25, -0.2) is 9.07 Å². The zero-order valence-corrected chi connectivity index (χ0v) is 11.6. The van der Waals surface area contributed by atoms with Crippen LogP contribution in [0.3, 0.4) is 0 Å². The van der Waals surface area contributed by atoms with Crippen LogP contribution >= 0.6 is 22.6 Å². The number of benzene rings is 1. The van der Waals surface area contributed by atoms with E-state index in [4.69, 9.17) is 0 Å². The molecule has 0 atom stereocenters. The molecule has 8 heteroatoms. The van der Waals surface area contributed by atoms with Crippen LogP contribution in [-0.4, -0.2) is 14.7 Å². The highest BCUT2D eigenvalue weighted by molar-refractivity contribution is 14.1. The van der Waals surface area contributed by atoms with Gasteiger partial charge in [0.15, 0.2) is 0 Å². The molecule has 0 bridgehead atoms. The lowest BCUT2D eigenvalue weighted by Gasteiger charge is -2.05. The number of hydrogen-bond acceptors (Lipinski definition) is 4. The average Bonchev–Trinajstić information content (AvgIpc) is 2.32. The van der Waals surface area contributed by atoms with Gasteiger partial charge in [0.25, 0.3) is 11.2 Å². The number of rotatable bonds is 3. The normalized spacial score (nSPS) is 10.4. The van der Waals surface area contributed by atoms with E-state index >= 15 is 0 Å². The number of halogens is 2. The van der Waals surface area contributed by atoms with E-state index in [1.807, 2.05) is 22.6 Å². The monoisotopic (exact) mass is 375 g/mol. The molecule has 0 amide bonds. The van der Waals surface area contributed by atoms with Gasteiger partial charge in [-0.3, -0.25) is 14.9 Å². The molecule has 2 aromatic rings. The van der Waals surface area contributed by atoms with Gasteiger partial charge in [0, 0.05) is 15.7 Å². The Kier molecular flexibility index (Phi) is 3.88. The summed E-state index contributed by atoms with van der Waals surface area (Å²) in [5, 5.41) is 14.7. The molecule has 98 valence electrons. The molecule has 6 nitrogen and oxygen atoms in total. The van der Waals surface area contributed by atoms with Crippen LogP contribution in [0.25, 0.3) is 0 Å². The Labute approximate surface area is 120 Å². The molecule has 0 N–H and O–H groups in total. The number of hydrogen-bond donors (Lipinski definition) is 0. The molecular formula is C11H7FIN3O3. The highest BCUT2D eigenvalue weighted by Gasteiger charge is 2.15. The van der Waals surface area contributed by atoms with Crippen LogP contribution in [0, 0.1) is 19.5 Å². The molecule has 0 radical (unpaired) electrons. The van der Waals surface area contributed by atoms with Crippen LogP contribution in [0.15, 0.2) is 35.3 Å². The Morgan fingerprint density at radius 1 is 1.42 bits per heavy atom.